The monoisotopic (exact) mass is 438 g/mol. The molecule has 0 aliphatic heterocycles. The van der Waals surface area contributed by atoms with Crippen molar-refractivity contribution in [3.63, 3.8) is 0 Å². The number of hydrogen-bond acceptors (Lipinski definition) is 4. The number of ether oxygens (including phenoxy) is 2. The van der Waals surface area contributed by atoms with Gasteiger partial charge in [-0.3, -0.25) is 4.21 Å². The molecule has 4 nitrogen and oxygen atoms in total. The maximum Gasteiger partial charge on any atom is 0.337 e. The Kier molecular flexibility index (Phi) is 5.41. The molecule has 4 bridgehead atoms. The normalized spacial score (nSPS) is 29.5. The number of methoxy groups -OCH3 is 2. The molecular weight excluding hydrogens is 408 g/mol. The van der Waals surface area contributed by atoms with E-state index in [1.165, 1.54) is 51.2 Å². The summed E-state index contributed by atoms with van der Waals surface area (Å²) in [4.78, 5) is 12.5. The summed E-state index contributed by atoms with van der Waals surface area (Å²) in [5, 5.41) is 0. The van der Waals surface area contributed by atoms with Crippen LogP contribution in [0.25, 0.3) is 0 Å². The molecular formula is C26H30O4S. The lowest BCUT2D eigenvalue weighted by atomic mass is 9.48. The van der Waals surface area contributed by atoms with Crippen molar-refractivity contribution < 1.29 is 18.5 Å². The molecule has 1 unspecified atom stereocenters. The van der Waals surface area contributed by atoms with Gasteiger partial charge in [-0.25, -0.2) is 4.79 Å². The summed E-state index contributed by atoms with van der Waals surface area (Å²) in [5.74, 6) is 3.55. The van der Waals surface area contributed by atoms with Crippen LogP contribution in [0.15, 0.2) is 47.4 Å². The molecule has 0 N–H and O–H groups in total. The quantitative estimate of drug-likeness (QED) is 0.578. The first-order chi connectivity index (χ1) is 15.0. The molecule has 164 valence electrons. The van der Waals surface area contributed by atoms with Crippen LogP contribution in [0.3, 0.4) is 0 Å². The van der Waals surface area contributed by atoms with E-state index in [2.05, 4.69) is 6.07 Å². The molecule has 0 saturated heterocycles. The van der Waals surface area contributed by atoms with E-state index >= 15 is 0 Å². The van der Waals surface area contributed by atoms with Crippen molar-refractivity contribution in [2.45, 2.75) is 54.6 Å². The topological polar surface area (TPSA) is 52.6 Å². The Morgan fingerprint density at radius 1 is 0.968 bits per heavy atom. The van der Waals surface area contributed by atoms with E-state index in [0.29, 0.717) is 11.3 Å². The zero-order valence-electron chi connectivity index (χ0n) is 18.3. The van der Waals surface area contributed by atoms with Gasteiger partial charge in [0.2, 0.25) is 0 Å². The molecule has 4 aliphatic rings. The zero-order valence-corrected chi connectivity index (χ0v) is 19.1. The molecule has 2 aromatic rings. The van der Waals surface area contributed by atoms with Crippen LogP contribution in [0.1, 0.15) is 60.0 Å². The molecule has 6 rings (SSSR count). The highest BCUT2D eigenvalue weighted by Crippen LogP contribution is 2.62. The lowest BCUT2D eigenvalue weighted by Crippen LogP contribution is -2.48. The molecule has 0 amide bonds. The third-order valence-electron chi connectivity index (χ3n) is 7.72. The van der Waals surface area contributed by atoms with Crippen molar-refractivity contribution in [1.82, 2.24) is 0 Å². The van der Waals surface area contributed by atoms with E-state index in [1.807, 2.05) is 24.3 Å². The van der Waals surface area contributed by atoms with Crippen molar-refractivity contribution in [3.05, 3.63) is 59.2 Å². The number of hydrogen-bond donors (Lipinski definition) is 0. The molecule has 4 aliphatic carbocycles. The third-order valence-corrected chi connectivity index (χ3v) is 9.09. The highest BCUT2D eigenvalue weighted by atomic mass is 32.2. The van der Waals surface area contributed by atoms with Crippen LogP contribution >= 0.6 is 0 Å². The minimum absolute atomic E-state index is 0.197. The van der Waals surface area contributed by atoms with E-state index < -0.39 is 10.8 Å². The zero-order chi connectivity index (χ0) is 21.6. The average molecular weight is 439 g/mol. The van der Waals surface area contributed by atoms with Crippen LogP contribution < -0.4 is 4.74 Å². The van der Waals surface area contributed by atoms with Gasteiger partial charge in [-0.2, -0.15) is 0 Å². The number of rotatable bonds is 6. The second kappa shape index (κ2) is 8.09. The molecule has 2 aromatic carbocycles. The number of benzene rings is 2. The van der Waals surface area contributed by atoms with Gasteiger partial charge in [-0.05, 0) is 97.6 Å². The fourth-order valence-corrected chi connectivity index (χ4v) is 7.90. The summed E-state index contributed by atoms with van der Waals surface area (Å²) in [6.45, 7) is 0. The van der Waals surface area contributed by atoms with Gasteiger partial charge in [0.05, 0.1) is 36.3 Å². The Morgan fingerprint density at radius 2 is 1.58 bits per heavy atom. The van der Waals surface area contributed by atoms with E-state index in [0.717, 1.165) is 34.0 Å². The number of carbonyl (C=O) groups excluding carboxylic acids is 1. The largest absolute Gasteiger partial charge is 0.496 e. The highest BCUT2D eigenvalue weighted by molar-refractivity contribution is 7.84. The van der Waals surface area contributed by atoms with Crippen LogP contribution in [0.4, 0.5) is 0 Å². The van der Waals surface area contributed by atoms with Crippen LogP contribution in [-0.2, 0) is 26.7 Å². The molecule has 0 heterocycles. The minimum atomic E-state index is -1.16. The molecule has 0 aromatic heterocycles. The van der Waals surface area contributed by atoms with E-state index in [1.54, 1.807) is 19.2 Å². The van der Waals surface area contributed by atoms with Gasteiger partial charge in [0.1, 0.15) is 5.75 Å². The number of esters is 1. The summed E-state index contributed by atoms with van der Waals surface area (Å²) in [7, 11) is 1.96. The lowest BCUT2D eigenvalue weighted by Gasteiger charge is -2.57. The maximum atomic E-state index is 13.2. The summed E-state index contributed by atoms with van der Waals surface area (Å²) in [5.41, 5.74) is 2.92. The van der Waals surface area contributed by atoms with Crippen LogP contribution in [-0.4, -0.2) is 24.4 Å². The van der Waals surface area contributed by atoms with Crippen LogP contribution in [0, 0.1) is 17.8 Å². The predicted octanol–water partition coefficient (Wildman–Crippen LogP) is 5.26. The fourth-order valence-electron chi connectivity index (χ4n) is 6.77. The Hall–Kier alpha value is -2.14. The van der Waals surface area contributed by atoms with Crippen molar-refractivity contribution in [3.8, 4) is 5.75 Å². The Labute approximate surface area is 186 Å². The predicted molar refractivity (Wildman–Crippen MR) is 121 cm³/mol. The van der Waals surface area contributed by atoms with Gasteiger partial charge in [0.15, 0.2) is 0 Å². The second-order valence-electron chi connectivity index (χ2n) is 9.74. The third kappa shape index (κ3) is 3.82. The van der Waals surface area contributed by atoms with Gasteiger partial charge >= 0.3 is 5.97 Å². The van der Waals surface area contributed by atoms with E-state index in [-0.39, 0.29) is 11.4 Å². The fraction of sp³-hybridized carbons (Fsp3) is 0.500. The molecule has 31 heavy (non-hydrogen) atoms. The lowest BCUT2D eigenvalue weighted by molar-refractivity contribution is -0.00625. The molecule has 0 radical (unpaired) electrons. The summed E-state index contributed by atoms with van der Waals surface area (Å²) >= 11 is 0. The Balaban J connectivity index is 1.41. The Morgan fingerprint density at radius 3 is 2.13 bits per heavy atom. The summed E-state index contributed by atoms with van der Waals surface area (Å²) < 4.78 is 23.8. The first kappa shape index (κ1) is 20.7. The molecule has 5 heteroatoms. The summed E-state index contributed by atoms with van der Waals surface area (Å²) in [6.07, 6.45) is 7.94. The average Bonchev–Trinajstić information content (AvgIpc) is 2.77. The summed E-state index contributed by atoms with van der Waals surface area (Å²) in [6, 6.07) is 13.3. The van der Waals surface area contributed by atoms with Gasteiger partial charge < -0.3 is 9.47 Å². The van der Waals surface area contributed by atoms with Crippen molar-refractivity contribution >= 4 is 16.8 Å². The van der Waals surface area contributed by atoms with Gasteiger partial charge in [0, 0.05) is 10.5 Å². The molecule has 4 saturated carbocycles. The standard InChI is InChI=1S/C26H30O4S/c1-29-24-8-7-22(31(28)16-17-3-5-21(6-4-17)25(27)30-2)12-23(24)26-13-18-9-19(14-26)11-20(10-18)15-26/h3-8,12,18-20H,9-11,13-16H2,1-2H3. The molecule has 1 atom stereocenters. The van der Waals surface area contributed by atoms with E-state index in [4.69, 9.17) is 9.47 Å². The van der Waals surface area contributed by atoms with Crippen LogP contribution in [0.2, 0.25) is 0 Å². The first-order valence-electron chi connectivity index (χ1n) is 11.2. The Bertz CT molecular complexity index is 975. The maximum absolute atomic E-state index is 13.2. The molecule has 4 fully saturated rings. The smallest absolute Gasteiger partial charge is 0.337 e. The van der Waals surface area contributed by atoms with Crippen molar-refractivity contribution in [2.75, 3.05) is 14.2 Å². The van der Waals surface area contributed by atoms with Crippen molar-refractivity contribution in [2.24, 2.45) is 17.8 Å². The minimum Gasteiger partial charge on any atom is -0.496 e. The van der Waals surface area contributed by atoms with Gasteiger partial charge in [0.25, 0.3) is 0 Å². The van der Waals surface area contributed by atoms with Gasteiger partial charge in [-0.1, -0.05) is 12.1 Å². The van der Waals surface area contributed by atoms with Gasteiger partial charge in [-0.15, -0.1) is 0 Å². The highest BCUT2D eigenvalue weighted by Gasteiger charge is 2.52. The second-order valence-corrected chi connectivity index (χ2v) is 11.2. The van der Waals surface area contributed by atoms with Crippen LogP contribution in [0.5, 0.6) is 5.75 Å². The molecule has 0 spiro atoms. The first-order valence-corrected chi connectivity index (χ1v) is 12.6. The number of carbonyl (C=O) groups is 1. The SMILES string of the molecule is COC(=O)c1ccc(CS(=O)c2ccc(OC)c(C34CC5CC(CC(C5)C3)C4)c2)cc1. The van der Waals surface area contributed by atoms with E-state index in [9.17, 15) is 9.00 Å². The van der Waals surface area contributed by atoms with Crippen molar-refractivity contribution in [1.29, 1.82) is 0 Å².